The number of anilines is 1. The number of nitrogens with zero attached hydrogens (tertiary/aromatic N) is 1. The normalized spacial score (nSPS) is 17.6. The van der Waals surface area contributed by atoms with Crippen molar-refractivity contribution in [3.05, 3.63) is 48.0 Å². The molecule has 0 spiro atoms. The summed E-state index contributed by atoms with van der Waals surface area (Å²) in [6, 6.07) is 12.7. The molecule has 0 unspecified atom stereocenters. The molecule has 4 rings (SSSR count). The Morgan fingerprint density at radius 3 is 2.92 bits per heavy atom. The van der Waals surface area contributed by atoms with Gasteiger partial charge in [0.05, 0.1) is 12.8 Å². The first-order chi connectivity index (χ1) is 12.2. The van der Waals surface area contributed by atoms with Crippen LogP contribution >= 0.6 is 0 Å². The predicted molar refractivity (Wildman–Crippen MR) is 90.2 cm³/mol. The van der Waals surface area contributed by atoms with Crippen molar-refractivity contribution in [3.8, 4) is 17.2 Å². The average molecular weight is 340 g/mol. The molecule has 0 fully saturated rings. The molecule has 2 aromatic carbocycles. The lowest BCUT2D eigenvalue weighted by molar-refractivity contribution is -0.125. The molecular formula is C18H16N2O5. The van der Waals surface area contributed by atoms with Crippen molar-refractivity contribution in [2.75, 3.05) is 19.2 Å². The van der Waals surface area contributed by atoms with E-state index in [2.05, 4.69) is 10.5 Å². The Balaban J connectivity index is 1.43. The van der Waals surface area contributed by atoms with Crippen molar-refractivity contribution in [2.24, 2.45) is 5.16 Å². The zero-order valence-corrected chi connectivity index (χ0v) is 13.5. The first kappa shape index (κ1) is 15.3. The SMILES string of the molecule is COc1ccccc1C1=NO[C@H](C(=O)Nc2ccc3c(c2)OCO3)C1. The molecule has 0 aliphatic carbocycles. The highest BCUT2D eigenvalue weighted by molar-refractivity contribution is 6.07. The molecule has 2 aliphatic heterocycles. The van der Waals surface area contributed by atoms with Crippen molar-refractivity contribution in [2.45, 2.75) is 12.5 Å². The van der Waals surface area contributed by atoms with E-state index in [0.717, 1.165) is 5.56 Å². The smallest absolute Gasteiger partial charge is 0.268 e. The molecule has 128 valence electrons. The Morgan fingerprint density at radius 2 is 2.04 bits per heavy atom. The fourth-order valence-electron chi connectivity index (χ4n) is 2.76. The summed E-state index contributed by atoms with van der Waals surface area (Å²) in [6.07, 6.45) is -0.318. The molecule has 0 radical (unpaired) electrons. The third-order valence-electron chi connectivity index (χ3n) is 4.02. The Bertz CT molecular complexity index is 849. The van der Waals surface area contributed by atoms with Gasteiger partial charge in [0.25, 0.3) is 5.91 Å². The van der Waals surface area contributed by atoms with Gasteiger partial charge in [-0.25, -0.2) is 0 Å². The number of rotatable bonds is 4. The minimum absolute atomic E-state index is 0.189. The number of para-hydroxylation sites is 1. The zero-order valence-electron chi connectivity index (χ0n) is 13.5. The van der Waals surface area contributed by atoms with Gasteiger partial charge in [-0.3, -0.25) is 4.79 Å². The number of carbonyl (C=O) groups is 1. The lowest BCUT2D eigenvalue weighted by Crippen LogP contribution is -2.28. The molecule has 2 heterocycles. The Labute approximate surface area is 144 Å². The van der Waals surface area contributed by atoms with Crippen LogP contribution in [0.25, 0.3) is 0 Å². The molecule has 1 N–H and O–H groups in total. The number of fused-ring (bicyclic) bond motifs is 1. The first-order valence-corrected chi connectivity index (χ1v) is 7.81. The summed E-state index contributed by atoms with van der Waals surface area (Å²) in [4.78, 5) is 17.7. The number of benzene rings is 2. The van der Waals surface area contributed by atoms with E-state index in [4.69, 9.17) is 19.0 Å². The molecule has 0 saturated carbocycles. The summed E-state index contributed by atoms with van der Waals surface area (Å²) >= 11 is 0. The molecule has 7 heteroatoms. The number of oxime groups is 1. The van der Waals surface area contributed by atoms with Crippen molar-refractivity contribution in [1.82, 2.24) is 0 Å². The molecular weight excluding hydrogens is 324 g/mol. The molecule has 0 bridgehead atoms. The third-order valence-corrected chi connectivity index (χ3v) is 4.02. The van der Waals surface area contributed by atoms with Crippen LogP contribution in [0.1, 0.15) is 12.0 Å². The number of carbonyl (C=O) groups excluding carboxylic acids is 1. The van der Waals surface area contributed by atoms with Crippen molar-refractivity contribution < 1.29 is 23.8 Å². The summed E-state index contributed by atoms with van der Waals surface area (Å²) in [5, 5.41) is 6.86. The molecule has 1 atom stereocenters. The van der Waals surface area contributed by atoms with Gasteiger partial charge in [0.2, 0.25) is 12.9 Å². The van der Waals surface area contributed by atoms with Gasteiger partial charge in [-0.2, -0.15) is 0 Å². The summed E-state index contributed by atoms with van der Waals surface area (Å²) < 4.78 is 15.9. The Kier molecular flexibility index (Phi) is 3.89. The van der Waals surface area contributed by atoms with Gasteiger partial charge >= 0.3 is 0 Å². The van der Waals surface area contributed by atoms with Crippen LogP contribution in [-0.4, -0.2) is 31.6 Å². The quantitative estimate of drug-likeness (QED) is 0.925. The van der Waals surface area contributed by atoms with Gasteiger partial charge in [0.1, 0.15) is 5.75 Å². The van der Waals surface area contributed by atoms with Crippen molar-refractivity contribution >= 4 is 17.3 Å². The van der Waals surface area contributed by atoms with Gasteiger partial charge in [0, 0.05) is 23.7 Å². The van der Waals surface area contributed by atoms with Gasteiger partial charge < -0.3 is 24.4 Å². The minimum atomic E-state index is -0.690. The number of ether oxygens (including phenoxy) is 3. The lowest BCUT2D eigenvalue weighted by atomic mass is 10.0. The van der Waals surface area contributed by atoms with E-state index in [1.165, 1.54) is 0 Å². The summed E-state index contributed by atoms with van der Waals surface area (Å²) in [6.45, 7) is 0.189. The van der Waals surface area contributed by atoms with E-state index in [-0.39, 0.29) is 12.7 Å². The van der Waals surface area contributed by atoms with Gasteiger partial charge in [0.15, 0.2) is 11.5 Å². The Hall–Kier alpha value is -3.22. The fraction of sp³-hybridized carbons (Fsp3) is 0.222. The van der Waals surface area contributed by atoms with Crippen LogP contribution in [-0.2, 0) is 9.63 Å². The standard InChI is InChI=1S/C18H16N2O5/c1-22-14-5-3-2-4-12(14)13-9-17(25-20-13)18(21)19-11-6-7-15-16(8-11)24-10-23-15/h2-8,17H,9-10H2,1H3,(H,19,21)/t17-/m0/s1. The third kappa shape index (κ3) is 2.96. The second-order valence-corrected chi connectivity index (χ2v) is 5.59. The molecule has 1 amide bonds. The highest BCUT2D eigenvalue weighted by Gasteiger charge is 2.30. The van der Waals surface area contributed by atoms with E-state index in [0.29, 0.717) is 35.1 Å². The molecule has 2 aliphatic rings. The van der Waals surface area contributed by atoms with E-state index < -0.39 is 6.10 Å². The topological polar surface area (TPSA) is 78.4 Å². The number of hydrogen-bond acceptors (Lipinski definition) is 6. The maximum absolute atomic E-state index is 12.4. The highest BCUT2D eigenvalue weighted by atomic mass is 16.7. The predicted octanol–water partition coefficient (Wildman–Crippen LogP) is 2.56. The fourth-order valence-corrected chi connectivity index (χ4v) is 2.76. The van der Waals surface area contributed by atoms with Crippen LogP contribution in [0.5, 0.6) is 17.2 Å². The summed E-state index contributed by atoms with van der Waals surface area (Å²) in [5.41, 5.74) is 2.12. The van der Waals surface area contributed by atoms with Crippen LogP contribution in [0.2, 0.25) is 0 Å². The average Bonchev–Trinajstić information content (AvgIpc) is 3.30. The van der Waals surface area contributed by atoms with Crippen LogP contribution in [0.3, 0.4) is 0 Å². The number of hydrogen-bond donors (Lipinski definition) is 1. The largest absolute Gasteiger partial charge is 0.496 e. The van der Waals surface area contributed by atoms with Crippen LogP contribution in [0.15, 0.2) is 47.6 Å². The van der Waals surface area contributed by atoms with E-state index in [1.54, 1.807) is 25.3 Å². The zero-order chi connectivity index (χ0) is 17.2. The maximum Gasteiger partial charge on any atom is 0.268 e. The van der Waals surface area contributed by atoms with Crippen LogP contribution in [0, 0.1) is 0 Å². The first-order valence-electron chi connectivity index (χ1n) is 7.81. The Morgan fingerprint density at radius 1 is 1.20 bits per heavy atom. The maximum atomic E-state index is 12.4. The molecule has 25 heavy (non-hydrogen) atoms. The van der Waals surface area contributed by atoms with Crippen molar-refractivity contribution in [1.29, 1.82) is 0 Å². The second-order valence-electron chi connectivity index (χ2n) is 5.59. The molecule has 0 saturated heterocycles. The van der Waals surface area contributed by atoms with Gasteiger partial charge in [-0.15, -0.1) is 0 Å². The van der Waals surface area contributed by atoms with Crippen LogP contribution in [0.4, 0.5) is 5.69 Å². The number of methoxy groups -OCH3 is 1. The lowest BCUT2D eigenvalue weighted by Gasteiger charge is -2.10. The van der Waals surface area contributed by atoms with E-state index >= 15 is 0 Å². The second kappa shape index (κ2) is 6.35. The molecule has 7 nitrogen and oxygen atoms in total. The van der Waals surface area contributed by atoms with Crippen molar-refractivity contribution in [3.63, 3.8) is 0 Å². The minimum Gasteiger partial charge on any atom is -0.496 e. The van der Waals surface area contributed by atoms with E-state index in [1.807, 2.05) is 24.3 Å². The number of amides is 1. The monoisotopic (exact) mass is 340 g/mol. The number of nitrogens with one attached hydrogen (secondary N) is 1. The molecule has 0 aromatic heterocycles. The summed E-state index contributed by atoms with van der Waals surface area (Å²) in [7, 11) is 1.60. The van der Waals surface area contributed by atoms with Gasteiger partial charge in [-0.1, -0.05) is 17.3 Å². The van der Waals surface area contributed by atoms with E-state index in [9.17, 15) is 4.79 Å². The highest BCUT2D eigenvalue weighted by Crippen LogP contribution is 2.34. The van der Waals surface area contributed by atoms with Crippen LogP contribution < -0.4 is 19.5 Å². The summed E-state index contributed by atoms with van der Waals surface area (Å²) in [5.74, 6) is 1.70. The van der Waals surface area contributed by atoms with Gasteiger partial charge in [-0.05, 0) is 24.3 Å². The molecule has 2 aromatic rings.